The maximum Gasteiger partial charge on any atom is 0.457 e. The third-order valence-electron chi connectivity index (χ3n) is 1.68. The third kappa shape index (κ3) is 2.70. The van der Waals surface area contributed by atoms with E-state index in [0.717, 1.165) is 0 Å². The van der Waals surface area contributed by atoms with Crippen LogP contribution in [-0.4, -0.2) is 35.0 Å². The lowest BCUT2D eigenvalue weighted by Gasteiger charge is -2.33. The topological polar surface area (TPSA) is 37.3 Å². The molecule has 0 heterocycles. The molecule has 0 aliphatic rings. The average Bonchev–Trinajstić information content (AvgIpc) is 2.09. The Kier molecular flexibility index (Phi) is 4.01. The number of carboxylic acids is 1. The van der Waals surface area contributed by atoms with E-state index in [2.05, 4.69) is 0 Å². The predicted molar refractivity (Wildman–Crippen MR) is 37.7 cm³/mol. The lowest BCUT2D eigenvalue weighted by Crippen LogP contribution is -2.61. The van der Waals surface area contributed by atoms with Crippen molar-refractivity contribution in [3.8, 4) is 0 Å². The van der Waals surface area contributed by atoms with Gasteiger partial charge in [-0.05, 0) is 6.08 Å². The van der Waals surface area contributed by atoms with Crippen LogP contribution in [0.1, 0.15) is 0 Å². The lowest BCUT2D eigenvalue weighted by molar-refractivity contribution is -0.369. The molecule has 0 aromatic rings. The van der Waals surface area contributed by atoms with Crippen molar-refractivity contribution in [1.29, 1.82) is 0 Å². The van der Waals surface area contributed by atoms with Crippen molar-refractivity contribution in [1.82, 2.24) is 0 Å². The Balaban J connectivity index is 5.88. The normalized spacial score (nSPS) is 17.8. The van der Waals surface area contributed by atoms with Crippen molar-refractivity contribution in [2.24, 2.45) is 0 Å². The minimum atomic E-state index is -6.85. The van der Waals surface area contributed by atoms with Crippen LogP contribution in [-0.2, 0) is 4.79 Å². The van der Waals surface area contributed by atoms with E-state index in [1.54, 1.807) is 0 Å². The minimum Gasteiger partial charge on any atom is -0.478 e. The van der Waals surface area contributed by atoms with Crippen LogP contribution < -0.4 is 0 Å². The quantitative estimate of drug-likeness (QED) is 0.640. The summed E-state index contributed by atoms with van der Waals surface area (Å²) in [6.07, 6.45) is -15.7. The smallest absolute Gasteiger partial charge is 0.457 e. The summed E-state index contributed by atoms with van der Waals surface area (Å²) in [6, 6.07) is 0. The highest BCUT2D eigenvalue weighted by molar-refractivity contribution is 5.80. The second-order valence-corrected chi connectivity index (χ2v) is 2.95. The van der Waals surface area contributed by atoms with E-state index >= 15 is 0 Å². The Morgan fingerprint density at radius 3 is 1.44 bits per heavy atom. The SMILES string of the molecule is O=C(O)/C=C/[C@](F)(C(F)(F)F)C(F)(F)C(F)(F)F. The van der Waals surface area contributed by atoms with Crippen LogP contribution in [0.3, 0.4) is 0 Å². The van der Waals surface area contributed by atoms with Gasteiger partial charge in [-0.25, -0.2) is 9.18 Å². The molecule has 18 heavy (non-hydrogen) atoms. The molecule has 0 aromatic carbocycles. The molecular formula is C7H3F9O2. The van der Waals surface area contributed by atoms with Gasteiger partial charge in [-0.3, -0.25) is 0 Å². The Morgan fingerprint density at radius 2 is 1.22 bits per heavy atom. The van der Waals surface area contributed by atoms with E-state index in [-0.39, 0.29) is 0 Å². The highest BCUT2D eigenvalue weighted by Crippen LogP contribution is 2.53. The number of aliphatic carboxylic acids is 1. The summed E-state index contributed by atoms with van der Waals surface area (Å²) in [5.41, 5.74) is -6.17. The van der Waals surface area contributed by atoms with E-state index in [4.69, 9.17) is 5.11 Å². The summed E-state index contributed by atoms with van der Waals surface area (Å²) in [4.78, 5) is 9.80. The summed E-state index contributed by atoms with van der Waals surface area (Å²) in [5, 5.41) is 7.86. The second-order valence-electron chi connectivity index (χ2n) is 2.95. The summed E-state index contributed by atoms with van der Waals surface area (Å²) in [6.45, 7) is 0. The van der Waals surface area contributed by atoms with Gasteiger partial charge in [-0.1, -0.05) is 0 Å². The first kappa shape index (κ1) is 16.6. The molecule has 0 amide bonds. The zero-order valence-corrected chi connectivity index (χ0v) is 7.91. The van der Waals surface area contributed by atoms with Gasteiger partial charge in [0, 0.05) is 6.08 Å². The molecule has 0 spiro atoms. The molecule has 106 valence electrons. The fraction of sp³-hybridized carbons (Fsp3) is 0.571. The van der Waals surface area contributed by atoms with Crippen LogP contribution >= 0.6 is 0 Å². The van der Waals surface area contributed by atoms with Gasteiger partial charge in [0.2, 0.25) is 0 Å². The zero-order valence-electron chi connectivity index (χ0n) is 7.91. The fourth-order valence-electron chi connectivity index (χ4n) is 0.770. The number of carbonyl (C=O) groups is 1. The Hall–Kier alpha value is -1.42. The minimum absolute atomic E-state index is 0.785. The first-order valence-corrected chi connectivity index (χ1v) is 3.79. The molecule has 0 saturated carbocycles. The molecule has 0 aliphatic carbocycles. The molecule has 0 rings (SSSR count). The van der Waals surface area contributed by atoms with Crippen LogP contribution in [0.4, 0.5) is 39.5 Å². The van der Waals surface area contributed by atoms with Gasteiger partial charge in [0.1, 0.15) is 0 Å². The van der Waals surface area contributed by atoms with Crippen LogP contribution in [0.2, 0.25) is 0 Å². The lowest BCUT2D eigenvalue weighted by atomic mass is 9.95. The molecule has 0 radical (unpaired) electrons. The molecule has 1 atom stereocenters. The summed E-state index contributed by atoms with van der Waals surface area (Å²) < 4.78 is 109. The first-order valence-electron chi connectivity index (χ1n) is 3.79. The fourth-order valence-corrected chi connectivity index (χ4v) is 0.770. The van der Waals surface area contributed by atoms with E-state index in [0.29, 0.717) is 0 Å². The molecule has 0 saturated heterocycles. The maximum atomic E-state index is 13.0. The monoisotopic (exact) mass is 290 g/mol. The highest BCUT2D eigenvalue weighted by Gasteiger charge is 2.80. The van der Waals surface area contributed by atoms with Crippen LogP contribution in [0.15, 0.2) is 12.2 Å². The number of rotatable bonds is 3. The van der Waals surface area contributed by atoms with E-state index in [1.165, 1.54) is 0 Å². The zero-order chi connectivity index (χ0) is 15.0. The van der Waals surface area contributed by atoms with Crippen molar-refractivity contribution in [3.05, 3.63) is 12.2 Å². The van der Waals surface area contributed by atoms with Crippen molar-refractivity contribution in [2.45, 2.75) is 23.9 Å². The maximum absolute atomic E-state index is 13.0. The van der Waals surface area contributed by atoms with Gasteiger partial charge in [-0.2, -0.15) is 35.1 Å². The third-order valence-corrected chi connectivity index (χ3v) is 1.68. The molecule has 1 N–H and O–H groups in total. The molecule has 0 fully saturated rings. The van der Waals surface area contributed by atoms with Gasteiger partial charge >= 0.3 is 24.2 Å². The molecule has 2 nitrogen and oxygen atoms in total. The summed E-state index contributed by atoms with van der Waals surface area (Å²) in [5.74, 6) is -9.15. The van der Waals surface area contributed by atoms with Crippen molar-refractivity contribution >= 4 is 5.97 Å². The number of hydrogen-bond acceptors (Lipinski definition) is 1. The van der Waals surface area contributed by atoms with E-state index in [9.17, 15) is 44.3 Å². The van der Waals surface area contributed by atoms with Crippen LogP contribution in [0.5, 0.6) is 0 Å². The van der Waals surface area contributed by atoms with Gasteiger partial charge in [0.15, 0.2) is 0 Å². The Labute approximate surface area is 92.7 Å². The van der Waals surface area contributed by atoms with Crippen molar-refractivity contribution in [2.75, 3.05) is 0 Å². The molecule has 0 bridgehead atoms. The van der Waals surface area contributed by atoms with E-state index < -0.39 is 42.1 Å². The van der Waals surface area contributed by atoms with Crippen molar-refractivity contribution < 1.29 is 49.4 Å². The molecule has 0 unspecified atom stereocenters. The van der Waals surface area contributed by atoms with Gasteiger partial charge < -0.3 is 5.11 Å². The molecule has 0 aliphatic heterocycles. The first-order chi connectivity index (χ1) is 7.67. The summed E-state index contributed by atoms with van der Waals surface area (Å²) >= 11 is 0. The number of halogens is 9. The molecule has 0 aromatic heterocycles. The number of carboxylic acid groups (broad SMARTS) is 1. The molecular weight excluding hydrogens is 287 g/mol. The second kappa shape index (κ2) is 4.35. The largest absolute Gasteiger partial charge is 0.478 e. The Morgan fingerprint density at radius 1 is 0.833 bits per heavy atom. The van der Waals surface area contributed by atoms with Crippen LogP contribution in [0, 0.1) is 0 Å². The molecule has 11 heteroatoms. The number of alkyl halides is 9. The Bertz CT molecular complexity index is 353. The predicted octanol–water partition coefficient (Wildman–Crippen LogP) is 3.10. The average molecular weight is 290 g/mol. The van der Waals surface area contributed by atoms with Crippen molar-refractivity contribution in [3.63, 3.8) is 0 Å². The van der Waals surface area contributed by atoms with Gasteiger partial charge in [0.25, 0.3) is 5.67 Å². The van der Waals surface area contributed by atoms with Crippen LogP contribution in [0.25, 0.3) is 0 Å². The summed E-state index contributed by atoms with van der Waals surface area (Å²) in [7, 11) is 0. The number of allylic oxidation sites excluding steroid dienone is 1. The standard InChI is InChI=1S/C7H3F9O2/c8-4(6(11,12)13,2-1-3(17)18)5(9,10)7(14,15)16/h1-2H,(H,17,18)/b2-1+/t4-/m1/s1. The van der Waals surface area contributed by atoms with E-state index in [1.807, 2.05) is 0 Å². The van der Waals surface area contributed by atoms with Gasteiger partial charge in [0.05, 0.1) is 0 Å². The number of hydrogen-bond donors (Lipinski definition) is 1. The highest BCUT2D eigenvalue weighted by atomic mass is 19.4. The van der Waals surface area contributed by atoms with Gasteiger partial charge in [-0.15, -0.1) is 0 Å².